The fourth-order valence-electron chi connectivity index (χ4n) is 2.23. The molecule has 0 aliphatic heterocycles. The molecule has 0 heterocycles. The maximum absolute atomic E-state index is 14.0. The van der Waals surface area contributed by atoms with Gasteiger partial charge in [-0.15, -0.1) is 0 Å². The van der Waals surface area contributed by atoms with Gasteiger partial charge in [-0.25, -0.2) is 8.78 Å². The summed E-state index contributed by atoms with van der Waals surface area (Å²) in [6.45, 7) is 1.61. The Hall–Kier alpha value is -1.16. The first-order valence-corrected chi connectivity index (χ1v) is 7.24. The van der Waals surface area contributed by atoms with Crippen LogP contribution in [0, 0.1) is 18.6 Å². The zero-order valence-electron chi connectivity index (χ0n) is 11.7. The van der Waals surface area contributed by atoms with Crippen molar-refractivity contribution in [1.29, 1.82) is 0 Å². The van der Waals surface area contributed by atoms with Crippen LogP contribution in [0.2, 0.25) is 10.0 Å². The van der Waals surface area contributed by atoms with Crippen LogP contribution in [-0.4, -0.2) is 7.05 Å². The Morgan fingerprint density at radius 2 is 1.81 bits per heavy atom. The SMILES string of the molecule is CNC(Cc1cc(Cl)ccc1Cl)c1cc(C)c(F)cc1F. The van der Waals surface area contributed by atoms with Gasteiger partial charge in [0.15, 0.2) is 0 Å². The maximum atomic E-state index is 14.0. The lowest BCUT2D eigenvalue weighted by molar-refractivity contribution is 0.519. The van der Waals surface area contributed by atoms with Crippen molar-refractivity contribution in [2.45, 2.75) is 19.4 Å². The van der Waals surface area contributed by atoms with E-state index in [9.17, 15) is 8.78 Å². The fraction of sp³-hybridized carbons (Fsp3) is 0.250. The highest BCUT2D eigenvalue weighted by Gasteiger charge is 2.18. The number of aryl methyl sites for hydroxylation is 1. The molecule has 1 nitrogen and oxygen atoms in total. The molecule has 112 valence electrons. The monoisotopic (exact) mass is 329 g/mol. The van der Waals surface area contributed by atoms with E-state index in [0.717, 1.165) is 11.6 Å². The van der Waals surface area contributed by atoms with E-state index in [2.05, 4.69) is 5.32 Å². The minimum atomic E-state index is -0.574. The van der Waals surface area contributed by atoms with Gasteiger partial charge in [0.05, 0.1) is 0 Å². The second kappa shape index (κ2) is 6.73. The Balaban J connectivity index is 2.36. The Labute approximate surface area is 132 Å². The predicted octanol–water partition coefficient (Wildman–Crippen LogP) is 5.08. The van der Waals surface area contributed by atoms with Crippen LogP contribution in [0.5, 0.6) is 0 Å². The van der Waals surface area contributed by atoms with Gasteiger partial charge in [0.2, 0.25) is 0 Å². The first kappa shape index (κ1) is 16.2. The molecule has 5 heteroatoms. The molecule has 0 fully saturated rings. The second-order valence-corrected chi connectivity index (χ2v) is 5.75. The standard InChI is InChI=1S/C16H15Cl2F2N/c1-9-5-12(15(20)8-14(9)19)16(21-2)7-10-6-11(17)3-4-13(10)18/h3-6,8,16,21H,7H2,1-2H3. The van der Waals surface area contributed by atoms with Gasteiger partial charge in [0.1, 0.15) is 11.6 Å². The molecule has 1 atom stereocenters. The molecule has 1 unspecified atom stereocenters. The van der Waals surface area contributed by atoms with Crippen molar-refractivity contribution >= 4 is 23.2 Å². The van der Waals surface area contributed by atoms with Gasteiger partial charge in [-0.1, -0.05) is 23.2 Å². The van der Waals surface area contributed by atoms with Crippen LogP contribution < -0.4 is 5.32 Å². The Bertz CT molecular complexity index is 659. The quantitative estimate of drug-likeness (QED) is 0.824. The largest absolute Gasteiger partial charge is 0.313 e. The number of nitrogens with one attached hydrogen (secondary N) is 1. The number of rotatable bonds is 4. The van der Waals surface area contributed by atoms with Gasteiger partial charge < -0.3 is 5.32 Å². The minimum Gasteiger partial charge on any atom is -0.313 e. The van der Waals surface area contributed by atoms with Crippen molar-refractivity contribution in [2.24, 2.45) is 0 Å². The van der Waals surface area contributed by atoms with Crippen molar-refractivity contribution in [2.75, 3.05) is 7.05 Å². The molecule has 2 rings (SSSR count). The highest BCUT2D eigenvalue weighted by Crippen LogP contribution is 2.28. The molecule has 0 radical (unpaired) electrons. The summed E-state index contributed by atoms with van der Waals surface area (Å²) >= 11 is 12.1. The summed E-state index contributed by atoms with van der Waals surface area (Å²) in [5.74, 6) is -1.12. The summed E-state index contributed by atoms with van der Waals surface area (Å²) in [5, 5.41) is 4.17. The van der Waals surface area contributed by atoms with E-state index in [0.29, 0.717) is 27.6 Å². The summed E-state index contributed by atoms with van der Waals surface area (Å²) < 4.78 is 27.4. The van der Waals surface area contributed by atoms with E-state index in [1.807, 2.05) is 0 Å². The van der Waals surface area contributed by atoms with Crippen LogP contribution in [0.1, 0.15) is 22.7 Å². The Morgan fingerprint density at radius 1 is 1.10 bits per heavy atom. The summed E-state index contributed by atoms with van der Waals surface area (Å²) in [7, 11) is 1.72. The van der Waals surface area contributed by atoms with Gasteiger partial charge in [-0.05, 0) is 55.8 Å². The van der Waals surface area contributed by atoms with Crippen molar-refractivity contribution in [3.8, 4) is 0 Å². The minimum absolute atomic E-state index is 0.319. The van der Waals surface area contributed by atoms with Gasteiger partial charge in [-0.3, -0.25) is 0 Å². The molecule has 0 bridgehead atoms. The van der Waals surface area contributed by atoms with Crippen molar-refractivity contribution in [1.82, 2.24) is 5.32 Å². The highest BCUT2D eigenvalue weighted by molar-refractivity contribution is 6.33. The molecule has 0 spiro atoms. The molecule has 0 aliphatic carbocycles. The van der Waals surface area contributed by atoms with E-state index >= 15 is 0 Å². The van der Waals surface area contributed by atoms with E-state index < -0.39 is 11.6 Å². The van der Waals surface area contributed by atoms with Crippen LogP contribution >= 0.6 is 23.2 Å². The van der Waals surface area contributed by atoms with Gasteiger partial charge in [0, 0.05) is 27.7 Å². The van der Waals surface area contributed by atoms with Crippen molar-refractivity contribution in [3.63, 3.8) is 0 Å². The highest BCUT2D eigenvalue weighted by atomic mass is 35.5. The smallest absolute Gasteiger partial charge is 0.130 e. The molecular weight excluding hydrogens is 315 g/mol. The molecule has 21 heavy (non-hydrogen) atoms. The lowest BCUT2D eigenvalue weighted by atomic mass is 9.97. The van der Waals surface area contributed by atoms with E-state index in [-0.39, 0.29) is 6.04 Å². The summed E-state index contributed by atoms with van der Waals surface area (Å²) in [4.78, 5) is 0. The topological polar surface area (TPSA) is 12.0 Å². The van der Waals surface area contributed by atoms with E-state index in [1.165, 1.54) is 6.07 Å². The average molecular weight is 330 g/mol. The third kappa shape index (κ3) is 3.73. The number of halogens is 4. The number of hydrogen-bond donors (Lipinski definition) is 1. The summed E-state index contributed by atoms with van der Waals surface area (Å²) in [6, 6.07) is 7.27. The Morgan fingerprint density at radius 3 is 2.48 bits per heavy atom. The van der Waals surface area contributed by atoms with E-state index in [1.54, 1.807) is 32.2 Å². The Kier molecular flexibility index (Phi) is 5.20. The van der Waals surface area contributed by atoms with Crippen LogP contribution in [-0.2, 0) is 6.42 Å². The normalized spacial score (nSPS) is 12.5. The summed E-state index contributed by atoms with van der Waals surface area (Å²) in [6.07, 6.45) is 0.456. The first-order valence-electron chi connectivity index (χ1n) is 6.49. The fourth-order valence-corrected chi connectivity index (χ4v) is 2.62. The maximum Gasteiger partial charge on any atom is 0.130 e. The second-order valence-electron chi connectivity index (χ2n) is 4.90. The average Bonchev–Trinajstić information content (AvgIpc) is 2.44. The molecule has 2 aromatic carbocycles. The van der Waals surface area contributed by atoms with Crippen molar-refractivity contribution < 1.29 is 8.78 Å². The molecule has 1 N–H and O–H groups in total. The molecular formula is C16H15Cl2F2N. The molecule has 0 saturated heterocycles. The van der Waals surface area contributed by atoms with Crippen LogP contribution in [0.3, 0.4) is 0 Å². The molecule has 2 aromatic rings. The lowest BCUT2D eigenvalue weighted by Crippen LogP contribution is -2.20. The molecule has 0 aliphatic rings. The third-order valence-corrected chi connectivity index (χ3v) is 4.04. The predicted molar refractivity (Wildman–Crippen MR) is 83.1 cm³/mol. The van der Waals surface area contributed by atoms with Crippen LogP contribution in [0.15, 0.2) is 30.3 Å². The van der Waals surface area contributed by atoms with Gasteiger partial charge in [-0.2, -0.15) is 0 Å². The lowest BCUT2D eigenvalue weighted by Gasteiger charge is -2.19. The van der Waals surface area contributed by atoms with Gasteiger partial charge >= 0.3 is 0 Å². The first-order chi connectivity index (χ1) is 9.92. The zero-order chi connectivity index (χ0) is 15.6. The van der Waals surface area contributed by atoms with Crippen LogP contribution in [0.4, 0.5) is 8.78 Å². The van der Waals surface area contributed by atoms with E-state index in [4.69, 9.17) is 23.2 Å². The number of hydrogen-bond acceptors (Lipinski definition) is 1. The molecule has 0 amide bonds. The third-order valence-electron chi connectivity index (χ3n) is 3.43. The van der Waals surface area contributed by atoms with Gasteiger partial charge in [0.25, 0.3) is 0 Å². The number of benzene rings is 2. The zero-order valence-corrected chi connectivity index (χ0v) is 13.2. The molecule has 0 saturated carbocycles. The molecule has 0 aromatic heterocycles. The van der Waals surface area contributed by atoms with Crippen LogP contribution in [0.25, 0.3) is 0 Å². The number of likely N-dealkylation sites (N-methyl/N-ethyl adjacent to an activating group) is 1. The summed E-state index contributed by atoms with van der Waals surface area (Å²) in [5.41, 5.74) is 1.63. The van der Waals surface area contributed by atoms with Crippen molar-refractivity contribution in [3.05, 3.63) is 68.7 Å².